The highest BCUT2D eigenvalue weighted by Crippen LogP contribution is 2.64. The van der Waals surface area contributed by atoms with Crippen LogP contribution in [0.5, 0.6) is 11.5 Å². The maximum absolute atomic E-state index is 13.1. The van der Waals surface area contributed by atoms with Gasteiger partial charge < -0.3 is 25.2 Å². The molecule has 1 aliphatic heterocycles. The Bertz CT molecular complexity index is 1140. The van der Waals surface area contributed by atoms with Crippen LogP contribution in [-0.2, 0) is 11.8 Å². The predicted molar refractivity (Wildman–Crippen MR) is 132 cm³/mol. The van der Waals surface area contributed by atoms with Gasteiger partial charge in [-0.3, -0.25) is 9.78 Å². The van der Waals surface area contributed by atoms with Gasteiger partial charge in [0.05, 0.1) is 17.1 Å². The van der Waals surface area contributed by atoms with Crippen LogP contribution in [0.3, 0.4) is 0 Å². The molecular weight excluding hydrogens is 442 g/mol. The minimum atomic E-state index is -0.970. The van der Waals surface area contributed by atoms with Crippen molar-refractivity contribution >= 4 is 5.91 Å². The van der Waals surface area contributed by atoms with E-state index in [1.165, 1.54) is 12.8 Å². The molecule has 2 fully saturated rings. The minimum Gasteiger partial charge on any atom is -0.504 e. The standard InChI is InChI=1S/C28H35N3O4/c1-17-15-20-5-6-22(32)24-23(20)27(11-14-31(2)16-18-3-4-18)25(35-24)21(7-10-28(17,27)34)30-26(33)19-8-12-29-13-9-19/h5-6,8-9,12-13,17-18,21,25,32,34H,3-4,7,10-11,14-16H2,1-2H3,(H,30,33)/t17-,21-,25+,27+,28-/m1/s1. The molecule has 35 heavy (non-hydrogen) atoms. The van der Waals surface area contributed by atoms with Crippen LogP contribution in [0.4, 0.5) is 0 Å². The van der Waals surface area contributed by atoms with Crippen LogP contribution in [0.2, 0.25) is 0 Å². The summed E-state index contributed by atoms with van der Waals surface area (Å²) in [5.41, 5.74) is 0.992. The van der Waals surface area contributed by atoms with E-state index in [1.54, 1.807) is 30.6 Å². The van der Waals surface area contributed by atoms with E-state index in [0.29, 0.717) is 30.6 Å². The Balaban J connectivity index is 1.40. The zero-order valence-corrected chi connectivity index (χ0v) is 20.5. The lowest BCUT2D eigenvalue weighted by molar-refractivity contribution is -0.154. The zero-order chi connectivity index (χ0) is 24.4. The predicted octanol–water partition coefficient (Wildman–Crippen LogP) is 3.03. The molecule has 0 radical (unpaired) electrons. The van der Waals surface area contributed by atoms with E-state index >= 15 is 0 Å². The van der Waals surface area contributed by atoms with Crippen molar-refractivity contribution in [3.8, 4) is 11.5 Å². The number of carbonyl (C=O) groups is 1. The Morgan fingerprint density at radius 1 is 1.23 bits per heavy atom. The number of phenolic OH excluding ortho intramolecular Hbond substituents is 1. The molecule has 2 aromatic rings. The fraction of sp³-hybridized carbons (Fsp3) is 0.571. The number of phenols is 1. The average Bonchev–Trinajstić information content (AvgIpc) is 3.59. The van der Waals surface area contributed by atoms with Crippen molar-refractivity contribution < 1.29 is 19.7 Å². The number of benzene rings is 1. The molecule has 2 heterocycles. The fourth-order valence-electron chi connectivity index (χ4n) is 7.17. The van der Waals surface area contributed by atoms with Crippen molar-refractivity contribution in [3.05, 3.63) is 53.3 Å². The van der Waals surface area contributed by atoms with Gasteiger partial charge in [0.15, 0.2) is 11.5 Å². The van der Waals surface area contributed by atoms with Gasteiger partial charge in [-0.2, -0.15) is 0 Å². The van der Waals surface area contributed by atoms with E-state index < -0.39 is 17.1 Å². The highest BCUT2D eigenvalue weighted by Gasteiger charge is 2.69. The summed E-state index contributed by atoms with van der Waals surface area (Å²) >= 11 is 0. The first-order valence-electron chi connectivity index (χ1n) is 13.0. The van der Waals surface area contributed by atoms with Crippen molar-refractivity contribution in [2.24, 2.45) is 11.8 Å². The van der Waals surface area contributed by atoms with Crippen molar-refractivity contribution in [2.45, 2.75) is 68.6 Å². The summed E-state index contributed by atoms with van der Waals surface area (Å²) in [6, 6.07) is 6.82. The number of aromatic hydroxyl groups is 1. The summed E-state index contributed by atoms with van der Waals surface area (Å²) in [5, 5.41) is 26.5. The number of carbonyl (C=O) groups excluding carboxylic acids is 1. The van der Waals surface area contributed by atoms with Gasteiger partial charge in [0, 0.05) is 30.1 Å². The normalized spacial score (nSPS) is 32.7. The smallest absolute Gasteiger partial charge is 0.251 e. The van der Waals surface area contributed by atoms with Gasteiger partial charge >= 0.3 is 0 Å². The van der Waals surface area contributed by atoms with Crippen molar-refractivity contribution in [1.29, 1.82) is 0 Å². The van der Waals surface area contributed by atoms with Crippen LogP contribution in [0, 0.1) is 11.8 Å². The van der Waals surface area contributed by atoms with E-state index in [9.17, 15) is 15.0 Å². The summed E-state index contributed by atoms with van der Waals surface area (Å²) in [6.45, 7) is 4.03. The zero-order valence-electron chi connectivity index (χ0n) is 20.5. The number of aromatic nitrogens is 1. The number of nitrogens with one attached hydrogen (secondary N) is 1. The summed E-state index contributed by atoms with van der Waals surface area (Å²) in [4.78, 5) is 19.5. The lowest BCUT2D eigenvalue weighted by Gasteiger charge is -2.58. The van der Waals surface area contributed by atoms with Crippen molar-refractivity contribution in [3.63, 3.8) is 0 Å². The number of nitrogens with zero attached hydrogens (tertiary/aromatic N) is 2. The van der Waals surface area contributed by atoms with Crippen LogP contribution >= 0.6 is 0 Å². The molecule has 1 aromatic carbocycles. The number of aliphatic hydroxyl groups is 1. The maximum Gasteiger partial charge on any atom is 0.251 e. The first kappa shape index (κ1) is 22.8. The molecule has 0 saturated heterocycles. The Kier molecular flexibility index (Phi) is 5.34. The molecule has 2 saturated carbocycles. The highest BCUT2D eigenvalue weighted by molar-refractivity contribution is 5.94. The summed E-state index contributed by atoms with van der Waals surface area (Å²) in [6.07, 6.45) is 8.03. The van der Waals surface area contributed by atoms with E-state index in [4.69, 9.17) is 4.74 Å². The third-order valence-electron chi connectivity index (χ3n) is 9.13. The van der Waals surface area contributed by atoms with E-state index in [2.05, 4.69) is 29.2 Å². The molecule has 6 rings (SSSR count). The molecule has 1 aromatic heterocycles. The number of ether oxygens (including phenoxy) is 1. The lowest BCUT2D eigenvalue weighted by Crippen LogP contribution is -2.71. The molecular formula is C28H35N3O4. The minimum absolute atomic E-state index is 0.0437. The van der Waals surface area contributed by atoms with E-state index in [0.717, 1.165) is 36.6 Å². The fourth-order valence-corrected chi connectivity index (χ4v) is 7.17. The van der Waals surface area contributed by atoms with Crippen LogP contribution < -0.4 is 10.1 Å². The number of amides is 1. The van der Waals surface area contributed by atoms with Gasteiger partial charge in [0.1, 0.15) is 6.10 Å². The van der Waals surface area contributed by atoms with Crippen LogP contribution in [0.15, 0.2) is 36.7 Å². The number of hydrogen-bond acceptors (Lipinski definition) is 6. The SMILES string of the molecule is C[C@@H]1Cc2ccc(O)c3c2[C@@]2(CCN(C)CC4CC4)[C@@H](O3)[C@H](NC(=O)c3ccncc3)CC[C@@]12O. The summed E-state index contributed by atoms with van der Waals surface area (Å²) < 4.78 is 6.57. The van der Waals surface area contributed by atoms with Gasteiger partial charge in [0.25, 0.3) is 5.91 Å². The number of hydrogen-bond donors (Lipinski definition) is 3. The van der Waals surface area contributed by atoms with Crippen molar-refractivity contribution in [1.82, 2.24) is 15.2 Å². The largest absolute Gasteiger partial charge is 0.504 e. The third-order valence-corrected chi connectivity index (χ3v) is 9.13. The second-order valence-electron chi connectivity index (χ2n) is 11.3. The summed E-state index contributed by atoms with van der Waals surface area (Å²) in [5.74, 6) is 1.26. The molecule has 1 amide bonds. The average molecular weight is 478 g/mol. The monoisotopic (exact) mass is 477 g/mol. The quantitative estimate of drug-likeness (QED) is 0.568. The molecule has 5 atom stereocenters. The van der Waals surface area contributed by atoms with E-state index in [-0.39, 0.29) is 23.6 Å². The van der Waals surface area contributed by atoms with E-state index in [1.807, 2.05) is 6.07 Å². The van der Waals surface area contributed by atoms with Crippen LogP contribution in [0.25, 0.3) is 0 Å². The second-order valence-corrected chi connectivity index (χ2v) is 11.3. The topological polar surface area (TPSA) is 94.9 Å². The molecule has 186 valence electrons. The van der Waals surface area contributed by atoms with Gasteiger partial charge in [-0.25, -0.2) is 0 Å². The van der Waals surface area contributed by atoms with Gasteiger partial charge in [0.2, 0.25) is 0 Å². The summed E-state index contributed by atoms with van der Waals surface area (Å²) in [7, 11) is 2.16. The first-order valence-corrected chi connectivity index (χ1v) is 13.0. The molecule has 0 spiro atoms. The Hall–Kier alpha value is -2.64. The molecule has 7 heteroatoms. The van der Waals surface area contributed by atoms with Gasteiger partial charge in [-0.1, -0.05) is 13.0 Å². The Morgan fingerprint density at radius 3 is 2.74 bits per heavy atom. The molecule has 4 aliphatic rings. The molecule has 3 aliphatic carbocycles. The Morgan fingerprint density at radius 2 is 2.00 bits per heavy atom. The van der Waals surface area contributed by atoms with Crippen molar-refractivity contribution in [2.75, 3.05) is 20.1 Å². The highest BCUT2D eigenvalue weighted by atomic mass is 16.5. The van der Waals surface area contributed by atoms with Crippen LogP contribution in [0.1, 0.15) is 60.5 Å². The third kappa shape index (κ3) is 3.46. The molecule has 0 unspecified atom stereocenters. The second kappa shape index (κ2) is 8.20. The van der Waals surface area contributed by atoms with Gasteiger partial charge in [-0.15, -0.1) is 0 Å². The lowest BCUT2D eigenvalue weighted by atomic mass is 9.49. The molecule has 7 nitrogen and oxygen atoms in total. The first-order chi connectivity index (χ1) is 16.8. The number of rotatable bonds is 7. The maximum atomic E-state index is 13.1. The van der Waals surface area contributed by atoms with Crippen LogP contribution in [-0.4, -0.2) is 63.9 Å². The number of pyridine rings is 1. The molecule has 0 bridgehead atoms. The van der Waals surface area contributed by atoms with Gasteiger partial charge in [-0.05, 0) is 87.7 Å². The Labute approximate surface area is 206 Å². The molecule has 3 N–H and O–H groups in total.